The monoisotopic (exact) mass is 152 g/mol. The Kier molecular flexibility index (Phi) is 1.66. The first kappa shape index (κ1) is 6.85. The van der Waals surface area contributed by atoms with Crippen LogP contribution in [-0.4, -0.2) is 23.0 Å². The van der Waals surface area contributed by atoms with Crippen LogP contribution < -0.4 is 0 Å². The molecule has 0 amide bonds. The fraction of sp³-hybridized carbons (Fsp3) is 0.625. The number of likely N-dealkylation sites (N-methyl/N-ethyl adjacent to an activating group) is 1. The molecule has 1 aliphatic heterocycles. The van der Waals surface area contributed by atoms with E-state index < -0.39 is 0 Å². The zero-order valence-corrected chi connectivity index (χ0v) is 6.71. The fourth-order valence-corrected chi connectivity index (χ4v) is 1.45. The Morgan fingerprint density at radius 3 is 3.45 bits per heavy atom. The Bertz CT molecular complexity index is 244. The fourth-order valence-electron chi connectivity index (χ4n) is 1.45. The van der Waals surface area contributed by atoms with E-state index in [4.69, 9.17) is 4.42 Å². The number of oxazole rings is 1. The predicted octanol–water partition coefficient (Wildman–Crippen LogP) is 1.05. The minimum absolute atomic E-state index is 0.961. The highest BCUT2D eigenvalue weighted by Gasteiger charge is 2.17. The maximum Gasteiger partial charge on any atom is 0.181 e. The molecule has 3 nitrogen and oxygen atoms in total. The molecule has 0 unspecified atom stereocenters. The summed E-state index contributed by atoms with van der Waals surface area (Å²) >= 11 is 0. The largest absolute Gasteiger partial charge is 0.448 e. The smallest absolute Gasteiger partial charge is 0.181 e. The quantitative estimate of drug-likeness (QED) is 0.602. The molecule has 0 aromatic carbocycles. The van der Waals surface area contributed by atoms with Gasteiger partial charge in [-0.2, -0.15) is 0 Å². The molecule has 1 aromatic heterocycles. The first-order chi connectivity index (χ1) is 5.40. The number of hydrogen-bond donors (Lipinski definition) is 0. The van der Waals surface area contributed by atoms with Gasteiger partial charge in [-0.25, -0.2) is 4.98 Å². The lowest BCUT2D eigenvalue weighted by Gasteiger charge is -2.22. The molecule has 11 heavy (non-hydrogen) atoms. The third-order valence-electron chi connectivity index (χ3n) is 2.20. The lowest BCUT2D eigenvalue weighted by atomic mass is 10.2. The van der Waals surface area contributed by atoms with Crippen LogP contribution in [0.3, 0.4) is 0 Å². The first-order valence-electron chi connectivity index (χ1n) is 4.03. The minimum atomic E-state index is 0.961. The van der Waals surface area contributed by atoms with Crippen molar-refractivity contribution in [2.45, 2.75) is 19.9 Å². The summed E-state index contributed by atoms with van der Waals surface area (Å²) in [5.41, 5.74) is 1.12. The molecule has 0 N–H and O–H groups in total. The molecule has 0 spiro atoms. The van der Waals surface area contributed by atoms with Crippen molar-refractivity contribution in [3.05, 3.63) is 17.8 Å². The average Bonchev–Trinajstić information content (AvgIpc) is 2.50. The number of fused-ring (bicyclic) bond motifs is 1. The van der Waals surface area contributed by atoms with Crippen LogP contribution in [0.2, 0.25) is 0 Å². The SMILES string of the molecule is CCN1CCc2ocnc2C1. The molecular formula is C8H12N2O. The van der Waals surface area contributed by atoms with Crippen LogP contribution >= 0.6 is 0 Å². The molecule has 3 heteroatoms. The second-order valence-corrected chi connectivity index (χ2v) is 2.84. The van der Waals surface area contributed by atoms with Gasteiger partial charge in [0.25, 0.3) is 0 Å². The maximum absolute atomic E-state index is 5.21. The third kappa shape index (κ3) is 1.16. The summed E-state index contributed by atoms with van der Waals surface area (Å²) in [6, 6.07) is 0. The summed E-state index contributed by atoms with van der Waals surface area (Å²) in [6.07, 6.45) is 2.56. The third-order valence-corrected chi connectivity index (χ3v) is 2.20. The van der Waals surface area contributed by atoms with Crippen molar-refractivity contribution in [1.82, 2.24) is 9.88 Å². The second-order valence-electron chi connectivity index (χ2n) is 2.84. The van der Waals surface area contributed by atoms with Crippen LogP contribution in [0.15, 0.2) is 10.8 Å². The highest BCUT2D eigenvalue weighted by Crippen LogP contribution is 2.16. The van der Waals surface area contributed by atoms with Gasteiger partial charge in [0, 0.05) is 19.5 Å². The van der Waals surface area contributed by atoms with E-state index in [0.717, 1.165) is 37.5 Å². The van der Waals surface area contributed by atoms with E-state index in [2.05, 4.69) is 16.8 Å². The van der Waals surface area contributed by atoms with Gasteiger partial charge in [0.15, 0.2) is 6.39 Å². The van der Waals surface area contributed by atoms with Crippen LogP contribution in [0.4, 0.5) is 0 Å². The lowest BCUT2D eigenvalue weighted by molar-refractivity contribution is 0.252. The molecular weight excluding hydrogens is 140 g/mol. The standard InChI is InChI=1S/C8H12N2O/c1-2-10-4-3-8-7(5-10)9-6-11-8/h6H,2-5H2,1H3. The zero-order chi connectivity index (χ0) is 7.68. The molecule has 0 aliphatic carbocycles. The normalized spacial score (nSPS) is 18.3. The number of rotatable bonds is 1. The number of hydrogen-bond acceptors (Lipinski definition) is 3. The van der Waals surface area contributed by atoms with Gasteiger partial charge in [-0.3, -0.25) is 4.90 Å². The number of aromatic nitrogens is 1. The van der Waals surface area contributed by atoms with Crippen molar-refractivity contribution in [3.8, 4) is 0 Å². The Balaban J connectivity index is 2.18. The van der Waals surface area contributed by atoms with Gasteiger partial charge in [0.05, 0.1) is 5.69 Å². The molecule has 0 saturated carbocycles. The summed E-state index contributed by atoms with van der Waals surface area (Å²) in [6.45, 7) is 5.35. The molecule has 2 heterocycles. The van der Waals surface area contributed by atoms with Gasteiger partial charge in [-0.15, -0.1) is 0 Å². The van der Waals surface area contributed by atoms with E-state index in [9.17, 15) is 0 Å². The van der Waals surface area contributed by atoms with Crippen LogP contribution in [0.1, 0.15) is 18.4 Å². The molecule has 1 aliphatic rings. The highest BCUT2D eigenvalue weighted by atomic mass is 16.3. The molecule has 60 valence electrons. The minimum Gasteiger partial charge on any atom is -0.448 e. The van der Waals surface area contributed by atoms with E-state index in [1.54, 1.807) is 6.39 Å². The maximum atomic E-state index is 5.21. The van der Waals surface area contributed by atoms with Crippen molar-refractivity contribution in [1.29, 1.82) is 0 Å². The van der Waals surface area contributed by atoms with Crippen molar-refractivity contribution in [3.63, 3.8) is 0 Å². The summed E-state index contributed by atoms with van der Waals surface area (Å²) in [5.74, 6) is 1.08. The van der Waals surface area contributed by atoms with Crippen LogP contribution in [-0.2, 0) is 13.0 Å². The summed E-state index contributed by atoms with van der Waals surface area (Å²) in [7, 11) is 0. The first-order valence-corrected chi connectivity index (χ1v) is 4.03. The van der Waals surface area contributed by atoms with E-state index in [1.165, 1.54) is 0 Å². The molecule has 0 bridgehead atoms. The Labute approximate surface area is 66.0 Å². The molecule has 0 radical (unpaired) electrons. The van der Waals surface area contributed by atoms with Crippen molar-refractivity contribution >= 4 is 0 Å². The number of nitrogens with zero attached hydrogens (tertiary/aromatic N) is 2. The lowest BCUT2D eigenvalue weighted by Crippen LogP contribution is -2.29. The average molecular weight is 152 g/mol. The van der Waals surface area contributed by atoms with Gasteiger partial charge in [0.2, 0.25) is 0 Å². The van der Waals surface area contributed by atoms with Gasteiger partial charge >= 0.3 is 0 Å². The van der Waals surface area contributed by atoms with Crippen molar-refractivity contribution < 1.29 is 4.42 Å². The van der Waals surface area contributed by atoms with Crippen molar-refractivity contribution in [2.24, 2.45) is 0 Å². The van der Waals surface area contributed by atoms with Gasteiger partial charge in [-0.1, -0.05) is 6.92 Å². The summed E-state index contributed by atoms with van der Waals surface area (Å²) < 4.78 is 5.21. The van der Waals surface area contributed by atoms with E-state index >= 15 is 0 Å². The van der Waals surface area contributed by atoms with Crippen molar-refractivity contribution in [2.75, 3.05) is 13.1 Å². The molecule has 1 aromatic rings. The predicted molar refractivity (Wildman–Crippen MR) is 41.2 cm³/mol. The van der Waals surface area contributed by atoms with E-state index in [0.29, 0.717) is 0 Å². The topological polar surface area (TPSA) is 29.3 Å². The van der Waals surface area contributed by atoms with E-state index in [1.807, 2.05) is 0 Å². The van der Waals surface area contributed by atoms with Gasteiger partial charge in [0.1, 0.15) is 5.76 Å². The van der Waals surface area contributed by atoms with E-state index in [-0.39, 0.29) is 0 Å². The molecule has 0 fully saturated rings. The molecule has 0 saturated heterocycles. The van der Waals surface area contributed by atoms with Crippen LogP contribution in [0, 0.1) is 0 Å². The van der Waals surface area contributed by atoms with Gasteiger partial charge < -0.3 is 4.42 Å². The summed E-state index contributed by atoms with van der Waals surface area (Å²) in [4.78, 5) is 6.51. The second kappa shape index (κ2) is 2.66. The molecule has 2 rings (SSSR count). The highest BCUT2D eigenvalue weighted by molar-refractivity contribution is 5.10. The van der Waals surface area contributed by atoms with Crippen LogP contribution in [0.25, 0.3) is 0 Å². The van der Waals surface area contributed by atoms with Gasteiger partial charge in [-0.05, 0) is 6.54 Å². The Morgan fingerprint density at radius 2 is 2.64 bits per heavy atom. The molecule has 0 atom stereocenters. The Hall–Kier alpha value is -0.830. The Morgan fingerprint density at radius 1 is 1.73 bits per heavy atom. The van der Waals surface area contributed by atoms with Crippen LogP contribution in [0.5, 0.6) is 0 Å². The summed E-state index contributed by atoms with van der Waals surface area (Å²) in [5, 5.41) is 0. The zero-order valence-electron chi connectivity index (χ0n) is 6.71.